The Morgan fingerprint density at radius 2 is 1.80 bits per heavy atom. The number of aryl methyl sites for hydroxylation is 4. The van der Waals surface area contributed by atoms with E-state index in [9.17, 15) is 4.79 Å². The fourth-order valence-electron chi connectivity index (χ4n) is 2.92. The number of amides is 1. The Hall–Kier alpha value is -2.51. The van der Waals surface area contributed by atoms with E-state index in [1.807, 2.05) is 69.6 Å². The van der Waals surface area contributed by atoms with Crippen LogP contribution in [0.25, 0.3) is 0 Å². The Balaban J connectivity index is 1.57. The van der Waals surface area contributed by atoms with Crippen LogP contribution in [0.2, 0.25) is 5.02 Å². The van der Waals surface area contributed by atoms with Crippen molar-refractivity contribution in [3.63, 3.8) is 0 Å². The van der Waals surface area contributed by atoms with Gasteiger partial charge >= 0.3 is 0 Å². The standard InChI is InChI=1S/C22H25ClN4O2S/c1-13-6-7-14(2)18(8-13)24-20(28)12-30-22-26-25-19(27(22)5)11-29-17-9-15(3)21(23)16(4)10-17/h6-10H,11-12H2,1-5H3,(H,24,28). The molecule has 0 aliphatic rings. The maximum Gasteiger partial charge on any atom is 0.234 e. The van der Waals surface area contributed by atoms with E-state index in [1.165, 1.54) is 11.8 Å². The van der Waals surface area contributed by atoms with E-state index >= 15 is 0 Å². The van der Waals surface area contributed by atoms with E-state index < -0.39 is 0 Å². The Bertz CT molecular complexity index is 1060. The second-order valence-corrected chi connectivity index (χ2v) is 8.59. The lowest BCUT2D eigenvalue weighted by Crippen LogP contribution is -2.15. The second kappa shape index (κ2) is 9.53. The number of hydrogen-bond acceptors (Lipinski definition) is 5. The van der Waals surface area contributed by atoms with Crippen molar-refractivity contribution >= 4 is 35.0 Å². The summed E-state index contributed by atoms with van der Waals surface area (Å²) in [7, 11) is 1.86. The summed E-state index contributed by atoms with van der Waals surface area (Å²) in [5.41, 5.74) is 4.91. The highest BCUT2D eigenvalue weighted by Crippen LogP contribution is 2.26. The molecule has 0 bridgehead atoms. The maximum atomic E-state index is 12.3. The van der Waals surface area contributed by atoms with Crippen LogP contribution in [-0.4, -0.2) is 26.4 Å². The molecule has 2 aromatic carbocycles. The zero-order valence-electron chi connectivity index (χ0n) is 17.7. The van der Waals surface area contributed by atoms with Gasteiger partial charge in [0.1, 0.15) is 12.4 Å². The number of halogens is 1. The Kier molecular flexibility index (Phi) is 7.05. The molecule has 0 aliphatic carbocycles. The Morgan fingerprint density at radius 1 is 1.10 bits per heavy atom. The van der Waals surface area contributed by atoms with Crippen molar-refractivity contribution in [3.8, 4) is 5.75 Å². The second-order valence-electron chi connectivity index (χ2n) is 7.27. The summed E-state index contributed by atoms with van der Waals surface area (Å²) in [6, 6.07) is 9.79. The zero-order valence-corrected chi connectivity index (χ0v) is 19.3. The summed E-state index contributed by atoms with van der Waals surface area (Å²) in [6.07, 6.45) is 0. The van der Waals surface area contributed by atoms with Gasteiger partial charge in [-0.1, -0.05) is 35.5 Å². The van der Waals surface area contributed by atoms with Crippen LogP contribution in [0, 0.1) is 27.7 Å². The van der Waals surface area contributed by atoms with Crippen LogP contribution in [0.1, 0.15) is 28.1 Å². The highest BCUT2D eigenvalue weighted by atomic mass is 35.5. The summed E-state index contributed by atoms with van der Waals surface area (Å²) in [5, 5.41) is 12.7. The molecule has 1 heterocycles. The van der Waals surface area contributed by atoms with Crippen molar-refractivity contribution in [1.82, 2.24) is 14.8 Å². The number of rotatable bonds is 7. The third-order valence-electron chi connectivity index (χ3n) is 4.70. The summed E-state index contributed by atoms with van der Waals surface area (Å²) >= 11 is 7.54. The van der Waals surface area contributed by atoms with Crippen molar-refractivity contribution in [1.29, 1.82) is 0 Å². The number of thioether (sulfide) groups is 1. The van der Waals surface area contributed by atoms with Crippen LogP contribution >= 0.6 is 23.4 Å². The first-order valence-electron chi connectivity index (χ1n) is 9.52. The van der Waals surface area contributed by atoms with Crippen LogP contribution in [0.15, 0.2) is 35.5 Å². The molecule has 0 saturated heterocycles. The average molecular weight is 445 g/mol. The molecule has 6 nitrogen and oxygen atoms in total. The van der Waals surface area contributed by atoms with Gasteiger partial charge in [0.2, 0.25) is 5.91 Å². The van der Waals surface area contributed by atoms with Gasteiger partial charge in [-0.2, -0.15) is 0 Å². The minimum atomic E-state index is -0.0818. The molecule has 0 saturated carbocycles. The van der Waals surface area contributed by atoms with E-state index in [2.05, 4.69) is 15.5 Å². The van der Waals surface area contributed by atoms with Crippen LogP contribution in [0.4, 0.5) is 5.69 Å². The smallest absolute Gasteiger partial charge is 0.234 e. The van der Waals surface area contributed by atoms with Gasteiger partial charge in [0.25, 0.3) is 0 Å². The van der Waals surface area contributed by atoms with Gasteiger partial charge in [-0.3, -0.25) is 4.79 Å². The van der Waals surface area contributed by atoms with Gasteiger partial charge < -0.3 is 14.6 Å². The molecule has 1 aromatic heterocycles. The molecule has 158 valence electrons. The largest absolute Gasteiger partial charge is 0.486 e. The topological polar surface area (TPSA) is 69.0 Å². The zero-order chi connectivity index (χ0) is 21.8. The number of ether oxygens (including phenoxy) is 1. The Morgan fingerprint density at radius 3 is 2.50 bits per heavy atom. The third-order valence-corrected chi connectivity index (χ3v) is 6.32. The van der Waals surface area contributed by atoms with E-state index in [0.717, 1.165) is 38.7 Å². The van der Waals surface area contributed by atoms with Crippen molar-refractivity contribution in [2.45, 2.75) is 39.5 Å². The molecule has 8 heteroatoms. The van der Waals surface area contributed by atoms with Gasteiger partial charge in [0.05, 0.1) is 5.75 Å². The van der Waals surface area contributed by atoms with Gasteiger partial charge in [0.15, 0.2) is 11.0 Å². The number of anilines is 1. The molecule has 0 unspecified atom stereocenters. The van der Waals surface area contributed by atoms with E-state index in [-0.39, 0.29) is 18.3 Å². The number of nitrogens with zero attached hydrogens (tertiary/aromatic N) is 3. The van der Waals surface area contributed by atoms with E-state index in [0.29, 0.717) is 11.0 Å². The predicted octanol–water partition coefficient (Wildman–Crippen LogP) is 5.01. The van der Waals surface area contributed by atoms with Crippen molar-refractivity contribution in [3.05, 3.63) is 63.4 Å². The summed E-state index contributed by atoms with van der Waals surface area (Å²) in [6.45, 7) is 8.14. The first-order valence-corrected chi connectivity index (χ1v) is 10.9. The maximum absolute atomic E-state index is 12.3. The fraction of sp³-hybridized carbons (Fsp3) is 0.318. The molecule has 3 aromatic rings. The molecular weight excluding hydrogens is 420 g/mol. The number of hydrogen-bond donors (Lipinski definition) is 1. The predicted molar refractivity (Wildman–Crippen MR) is 122 cm³/mol. The van der Waals surface area contributed by atoms with Crippen LogP contribution in [-0.2, 0) is 18.4 Å². The van der Waals surface area contributed by atoms with Crippen LogP contribution < -0.4 is 10.1 Å². The molecule has 0 atom stereocenters. The molecule has 0 fully saturated rings. The van der Waals surface area contributed by atoms with Crippen LogP contribution in [0.5, 0.6) is 5.75 Å². The highest BCUT2D eigenvalue weighted by Gasteiger charge is 2.13. The lowest BCUT2D eigenvalue weighted by Gasteiger charge is -2.10. The van der Waals surface area contributed by atoms with Crippen molar-refractivity contribution in [2.75, 3.05) is 11.1 Å². The minimum absolute atomic E-state index is 0.0818. The van der Waals surface area contributed by atoms with E-state index in [1.54, 1.807) is 0 Å². The average Bonchev–Trinajstić information content (AvgIpc) is 3.05. The fourth-order valence-corrected chi connectivity index (χ4v) is 3.76. The van der Waals surface area contributed by atoms with E-state index in [4.69, 9.17) is 16.3 Å². The summed E-state index contributed by atoms with van der Waals surface area (Å²) in [5.74, 6) is 1.58. The molecular formula is C22H25ClN4O2S. The Labute approximate surface area is 186 Å². The van der Waals surface area contributed by atoms with Gasteiger partial charge in [-0.05, 0) is 68.1 Å². The monoisotopic (exact) mass is 444 g/mol. The normalized spacial score (nSPS) is 10.9. The van der Waals surface area contributed by atoms with Crippen LogP contribution in [0.3, 0.4) is 0 Å². The molecule has 0 radical (unpaired) electrons. The summed E-state index contributed by atoms with van der Waals surface area (Å²) < 4.78 is 7.70. The van der Waals surface area contributed by atoms with Gasteiger partial charge in [-0.25, -0.2) is 0 Å². The SMILES string of the molecule is Cc1ccc(C)c(NC(=O)CSc2nnc(COc3cc(C)c(Cl)c(C)c3)n2C)c1. The molecule has 0 aliphatic heterocycles. The minimum Gasteiger partial charge on any atom is -0.486 e. The summed E-state index contributed by atoms with van der Waals surface area (Å²) in [4.78, 5) is 12.3. The quantitative estimate of drug-likeness (QED) is 0.518. The lowest BCUT2D eigenvalue weighted by molar-refractivity contribution is -0.113. The number of benzene rings is 2. The number of nitrogens with one attached hydrogen (secondary N) is 1. The van der Waals surface area contributed by atoms with Crippen molar-refractivity contribution in [2.24, 2.45) is 7.05 Å². The van der Waals surface area contributed by atoms with Gasteiger partial charge in [-0.15, -0.1) is 10.2 Å². The molecule has 1 amide bonds. The molecule has 0 spiro atoms. The first-order chi connectivity index (χ1) is 14.2. The molecule has 3 rings (SSSR count). The molecule has 1 N–H and O–H groups in total. The molecule has 30 heavy (non-hydrogen) atoms. The van der Waals surface area contributed by atoms with Crippen molar-refractivity contribution < 1.29 is 9.53 Å². The van der Waals surface area contributed by atoms with Gasteiger partial charge in [0, 0.05) is 17.8 Å². The number of carbonyl (C=O) groups excluding carboxylic acids is 1. The third kappa shape index (κ3) is 5.34. The lowest BCUT2D eigenvalue weighted by atomic mass is 10.1. The highest BCUT2D eigenvalue weighted by molar-refractivity contribution is 7.99. The first kappa shape index (κ1) is 22.2. The number of aromatic nitrogens is 3. The number of carbonyl (C=O) groups is 1.